The minimum Gasteiger partial charge on any atom is -0.462 e. The summed E-state index contributed by atoms with van der Waals surface area (Å²) < 4.78 is 22.0. The van der Waals surface area contributed by atoms with Gasteiger partial charge in [-0.25, -0.2) is 0 Å². The fraction of sp³-hybridized carbons (Fsp3) is 0.714. The van der Waals surface area contributed by atoms with Crippen LogP contribution in [0.4, 0.5) is 0 Å². The van der Waals surface area contributed by atoms with Gasteiger partial charge in [-0.05, 0) is 57.8 Å². The van der Waals surface area contributed by atoms with Gasteiger partial charge in [0.05, 0.1) is 13.2 Å². The number of aliphatic hydroxyl groups excluding tert-OH is 4. The van der Waals surface area contributed by atoms with Crippen LogP contribution in [0.5, 0.6) is 0 Å². The maximum atomic E-state index is 12.7. The van der Waals surface area contributed by atoms with Crippen molar-refractivity contribution in [2.45, 2.75) is 173 Å². The SMILES string of the molecule is CC/C=C/C=C/C=C/CCCCCCCC(=O)OC(COC(=O)CCCCCCCCC/C=C/C/C=C/CC)CO[C@H]1O[C@@H](CO)[C@@H](O)C(O)C1O. The number of allylic oxidation sites excluding steroid dienone is 10. The molecule has 1 saturated heterocycles. The Hall–Kier alpha value is -2.60. The highest BCUT2D eigenvalue weighted by molar-refractivity contribution is 5.70. The zero-order chi connectivity index (χ0) is 38.1. The first-order chi connectivity index (χ1) is 25.3. The zero-order valence-electron chi connectivity index (χ0n) is 32.0. The van der Waals surface area contributed by atoms with Crippen LogP contribution in [-0.4, -0.2) is 89.0 Å². The molecule has 10 nitrogen and oxygen atoms in total. The molecule has 1 aliphatic rings. The van der Waals surface area contributed by atoms with Gasteiger partial charge in [0.2, 0.25) is 0 Å². The van der Waals surface area contributed by atoms with Crippen molar-refractivity contribution < 1.29 is 49.0 Å². The van der Waals surface area contributed by atoms with E-state index in [1.165, 1.54) is 19.3 Å². The molecule has 0 bridgehead atoms. The Balaban J connectivity index is 2.40. The van der Waals surface area contributed by atoms with Crippen molar-refractivity contribution in [3.63, 3.8) is 0 Å². The van der Waals surface area contributed by atoms with Gasteiger partial charge in [-0.2, -0.15) is 0 Å². The van der Waals surface area contributed by atoms with Crippen LogP contribution in [0, 0.1) is 0 Å². The lowest BCUT2D eigenvalue weighted by molar-refractivity contribution is -0.305. The van der Waals surface area contributed by atoms with Crippen LogP contribution in [0.3, 0.4) is 0 Å². The lowest BCUT2D eigenvalue weighted by atomic mass is 9.99. The third-order valence-corrected chi connectivity index (χ3v) is 8.71. The molecule has 52 heavy (non-hydrogen) atoms. The Morgan fingerprint density at radius 3 is 1.81 bits per heavy atom. The van der Waals surface area contributed by atoms with Crippen molar-refractivity contribution >= 4 is 11.9 Å². The number of rotatable bonds is 31. The number of aliphatic hydroxyl groups is 4. The summed E-state index contributed by atoms with van der Waals surface area (Å²) in [5.41, 5.74) is 0. The largest absolute Gasteiger partial charge is 0.462 e. The van der Waals surface area contributed by atoms with E-state index in [0.717, 1.165) is 77.0 Å². The van der Waals surface area contributed by atoms with E-state index in [1.54, 1.807) is 0 Å². The van der Waals surface area contributed by atoms with E-state index >= 15 is 0 Å². The minimum atomic E-state index is -1.60. The first-order valence-electron chi connectivity index (χ1n) is 19.9. The molecule has 1 rings (SSSR count). The number of unbranched alkanes of at least 4 members (excludes halogenated alkanes) is 12. The summed E-state index contributed by atoms with van der Waals surface area (Å²) in [6.45, 7) is 3.12. The fourth-order valence-corrected chi connectivity index (χ4v) is 5.58. The fourth-order valence-electron chi connectivity index (χ4n) is 5.58. The summed E-state index contributed by atoms with van der Waals surface area (Å²) >= 11 is 0. The van der Waals surface area contributed by atoms with Gasteiger partial charge in [-0.15, -0.1) is 0 Å². The molecule has 0 aromatic heterocycles. The number of carbonyl (C=O) groups excluding carboxylic acids is 2. The second kappa shape index (κ2) is 33.0. The molecule has 0 aromatic rings. The molecular weight excluding hydrogens is 664 g/mol. The quantitative estimate of drug-likeness (QED) is 0.0244. The van der Waals surface area contributed by atoms with Gasteiger partial charge in [-0.3, -0.25) is 9.59 Å². The number of esters is 2. The van der Waals surface area contributed by atoms with Crippen LogP contribution in [-0.2, 0) is 28.5 Å². The molecule has 0 aliphatic carbocycles. The van der Waals surface area contributed by atoms with Crippen molar-refractivity contribution in [1.82, 2.24) is 0 Å². The predicted molar refractivity (Wildman–Crippen MR) is 205 cm³/mol. The molecule has 4 N–H and O–H groups in total. The maximum absolute atomic E-state index is 12.7. The molecule has 298 valence electrons. The molecule has 3 unspecified atom stereocenters. The Kier molecular flexibility index (Phi) is 30.1. The van der Waals surface area contributed by atoms with Crippen LogP contribution >= 0.6 is 0 Å². The monoisotopic (exact) mass is 734 g/mol. The van der Waals surface area contributed by atoms with Gasteiger partial charge in [0, 0.05) is 12.8 Å². The summed E-state index contributed by atoms with van der Waals surface area (Å²) in [5, 5.41) is 39.9. The molecule has 1 heterocycles. The molecule has 0 amide bonds. The number of hydrogen-bond donors (Lipinski definition) is 4. The zero-order valence-corrected chi connectivity index (χ0v) is 32.0. The van der Waals surface area contributed by atoms with E-state index in [1.807, 2.05) is 18.2 Å². The second-order valence-electron chi connectivity index (χ2n) is 13.4. The van der Waals surface area contributed by atoms with Crippen LogP contribution < -0.4 is 0 Å². The van der Waals surface area contributed by atoms with E-state index < -0.39 is 55.4 Å². The normalized spacial score (nSPS) is 21.7. The average Bonchev–Trinajstić information content (AvgIpc) is 3.14. The van der Waals surface area contributed by atoms with Crippen LogP contribution in [0.2, 0.25) is 0 Å². The van der Waals surface area contributed by atoms with Crippen LogP contribution in [0.1, 0.15) is 136 Å². The summed E-state index contributed by atoms with van der Waals surface area (Å²) in [6.07, 6.45) is 30.9. The Morgan fingerprint density at radius 2 is 1.17 bits per heavy atom. The molecule has 10 heteroatoms. The molecule has 0 saturated carbocycles. The van der Waals surface area contributed by atoms with Gasteiger partial charge in [0.1, 0.15) is 31.0 Å². The maximum Gasteiger partial charge on any atom is 0.306 e. The lowest BCUT2D eigenvalue weighted by Gasteiger charge is -2.39. The molecule has 0 aromatic carbocycles. The van der Waals surface area contributed by atoms with Gasteiger partial charge in [0.25, 0.3) is 0 Å². The third kappa shape index (κ3) is 24.6. The first-order valence-corrected chi connectivity index (χ1v) is 19.9. The van der Waals surface area contributed by atoms with E-state index in [0.29, 0.717) is 12.8 Å². The summed E-state index contributed by atoms with van der Waals surface area (Å²) in [7, 11) is 0. The van der Waals surface area contributed by atoms with E-state index in [-0.39, 0.29) is 26.1 Å². The van der Waals surface area contributed by atoms with Gasteiger partial charge in [0.15, 0.2) is 12.4 Å². The van der Waals surface area contributed by atoms with E-state index in [2.05, 4.69) is 56.4 Å². The van der Waals surface area contributed by atoms with Gasteiger partial charge >= 0.3 is 11.9 Å². The Bertz CT molecular complexity index is 1030. The molecule has 6 atom stereocenters. The minimum absolute atomic E-state index is 0.202. The van der Waals surface area contributed by atoms with Gasteiger partial charge in [-0.1, -0.05) is 126 Å². The number of ether oxygens (including phenoxy) is 4. The van der Waals surface area contributed by atoms with Crippen LogP contribution in [0.15, 0.2) is 60.8 Å². The number of carbonyl (C=O) groups is 2. The molecule has 0 radical (unpaired) electrons. The highest BCUT2D eigenvalue weighted by Gasteiger charge is 2.44. The van der Waals surface area contributed by atoms with Crippen molar-refractivity contribution in [2.75, 3.05) is 19.8 Å². The Labute approximate surface area is 313 Å². The molecule has 1 aliphatic heterocycles. The van der Waals surface area contributed by atoms with Crippen molar-refractivity contribution in [3.8, 4) is 0 Å². The summed E-state index contributed by atoms with van der Waals surface area (Å²) in [5.74, 6) is -0.848. The molecule has 0 spiro atoms. The highest BCUT2D eigenvalue weighted by atomic mass is 16.7. The summed E-state index contributed by atoms with van der Waals surface area (Å²) in [6, 6.07) is 0. The average molecular weight is 735 g/mol. The van der Waals surface area contributed by atoms with Crippen LogP contribution in [0.25, 0.3) is 0 Å². The molecule has 1 fully saturated rings. The summed E-state index contributed by atoms with van der Waals surface area (Å²) in [4.78, 5) is 25.2. The second-order valence-corrected chi connectivity index (χ2v) is 13.4. The van der Waals surface area contributed by atoms with Crippen molar-refractivity contribution in [1.29, 1.82) is 0 Å². The van der Waals surface area contributed by atoms with E-state index in [9.17, 15) is 30.0 Å². The standard InChI is InChI=1S/C42H70O10/c1-3-5-7-9-11-13-15-17-19-20-22-24-26-28-30-37(44)49-33-35(34-50-42-41(48)40(47)39(46)36(32-43)52-42)51-38(45)31-29-27-25-23-21-18-16-14-12-10-8-6-4-2/h5-8,10-14,16,35-36,39-43,46-48H,3-4,9,15,17-34H2,1-2H3/b7-5+,8-6+,12-10+,13-11+,16-14+/t35?,36-,39+,40?,41?,42-/m0/s1. The van der Waals surface area contributed by atoms with E-state index in [4.69, 9.17) is 18.9 Å². The topological polar surface area (TPSA) is 152 Å². The highest BCUT2D eigenvalue weighted by Crippen LogP contribution is 2.22. The smallest absolute Gasteiger partial charge is 0.306 e. The first kappa shape index (κ1) is 47.4. The third-order valence-electron chi connectivity index (χ3n) is 8.71. The van der Waals surface area contributed by atoms with Crippen molar-refractivity contribution in [2.24, 2.45) is 0 Å². The predicted octanol–water partition coefficient (Wildman–Crippen LogP) is 7.49. The van der Waals surface area contributed by atoms with Gasteiger partial charge < -0.3 is 39.4 Å². The number of hydrogen-bond acceptors (Lipinski definition) is 10. The van der Waals surface area contributed by atoms with Crippen molar-refractivity contribution in [3.05, 3.63) is 60.8 Å². The molecular formula is C42H70O10. The Morgan fingerprint density at radius 1 is 0.615 bits per heavy atom. The lowest BCUT2D eigenvalue weighted by Crippen LogP contribution is -2.59.